The minimum Gasteiger partial charge on any atom is -0.368 e. The fourth-order valence-electron chi connectivity index (χ4n) is 0.258. The zero-order valence-corrected chi connectivity index (χ0v) is 7.17. The van der Waals surface area contributed by atoms with Crippen LogP contribution in [0.5, 0.6) is 0 Å². The van der Waals surface area contributed by atoms with Gasteiger partial charge in [-0.2, -0.15) is 0 Å². The first-order chi connectivity index (χ1) is 4.77. The molecule has 11 heavy (non-hydrogen) atoms. The van der Waals surface area contributed by atoms with Gasteiger partial charge >= 0.3 is 9.05 Å². The maximum atomic E-state index is 8.11. The molecule has 0 atom stereocenters. The highest BCUT2D eigenvalue weighted by atomic mass is 28.4. The standard InChI is InChI=1S/C4H10O2.H4O4Si/c1-2-3-4(5)6;1-5(2,3)4/h4-6H,2-3H2,1H3;1-4H. The zero-order chi connectivity index (χ0) is 9.49. The van der Waals surface area contributed by atoms with Crippen LogP contribution in [0.3, 0.4) is 0 Å². The number of hydrogen-bond acceptors (Lipinski definition) is 6. The van der Waals surface area contributed by atoms with Crippen molar-refractivity contribution in [2.24, 2.45) is 0 Å². The van der Waals surface area contributed by atoms with Crippen LogP contribution in [0.1, 0.15) is 19.8 Å². The van der Waals surface area contributed by atoms with Crippen molar-refractivity contribution >= 4 is 9.05 Å². The molecule has 70 valence electrons. The Balaban J connectivity index is 0. The van der Waals surface area contributed by atoms with Gasteiger partial charge in [-0.3, -0.25) is 0 Å². The molecule has 0 fully saturated rings. The third-order valence-corrected chi connectivity index (χ3v) is 0.547. The van der Waals surface area contributed by atoms with E-state index >= 15 is 0 Å². The van der Waals surface area contributed by atoms with Gasteiger partial charge in [-0.15, -0.1) is 0 Å². The number of aliphatic hydroxyl groups is 2. The van der Waals surface area contributed by atoms with E-state index < -0.39 is 15.3 Å². The minimum absolute atomic E-state index is 0.486. The molecular weight excluding hydrogens is 172 g/mol. The minimum atomic E-state index is -4.61. The summed E-state index contributed by atoms with van der Waals surface area (Å²) in [4.78, 5) is 29.3. The molecule has 0 bridgehead atoms. The van der Waals surface area contributed by atoms with E-state index in [-0.39, 0.29) is 0 Å². The van der Waals surface area contributed by atoms with Crippen LogP contribution in [0.15, 0.2) is 0 Å². The van der Waals surface area contributed by atoms with Crippen molar-refractivity contribution in [2.45, 2.75) is 26.1 Å². The van der Waals surface area contributed by atoms with Crippen molar-refractivity contribution < 1.29 is 29.4 Å². The third kappa shape index (κ3) is 71.6. The molecule has 6 N–H and O–H groups in total. The van der Waals surface area contributed by atoms with Crippen LogP contribution in [0.4, 0.5) is 0 Å². The van der Waals surface area contributed by atoms with Gasteiger partial charge in [-0.25, -0.2) is 0 Å². The second-order valence-corrected chi connectivity index (χ2v) is 3.07. The number of aliphatic hydroxyl groups excluding tert-OH is 1. The van der Waals surface area contributed by atoms with E-state index in [1.807, 2.05) is 6.92 Å². The topological polar surface area (TPSA) is 121 Å². The Morgan fingerprint density at radius 3 is 1.36 bits per heavy atom. The zero-order valence-electron chi connectivity index (χ0n) is 6.17. The highest BCUT2D eigenvalue weighted by molar-refractivity contribution is 6.46. The molecule has 7 heteroatoms. The van der Waals surface area contributed by atoms with E-state index in [0.717, 1.165) is 6.42 Å². The number of hydrogen-bond donors (Lipinski definition) is 6. The van der Waals surface area contributed by atoms with E-state index in [2.05, 4.69) is 0 Å². The monoisotopic (exact) mass is 186 g/mol. The first-order valence-corrected chi connectivity index (χ1v) is 4.82. The van der Waals surface area contributed by atoms with E-state index in [9.17, 15) is 0 Å². The lowest BCUT2D eigenvalue weighted by atomic mass is 10.3. The highest BCUT2D eigenvalue weighted by Crippen LogP contribution is 1.88. The van der Waals surface area contributed by atoms with Crippen molar-refractivity contribution in [3.63, 3.8) is 0 Å². The lowest BCUT2D eigenvalue weighted by Gasteiger charge is -1.94. The third-order valence-electron chi connectivity index (χ3n) is 0.547. The molecule has 0 amide bonds. The molecule has 0 saturated carbocycles. The predicted octanol–water partition coefficient (Wildman–Crippen LogP) is -2.51. The lowest BCUT2D eigenvalue weighted by Crippen LogP contribution is -2.33. The summed E-state index contributed by atoms with van der Waals surface area (Å²) in [7, 11) is -4.61. The largest absolute Gasteiger partial charge is 0.668 e. The quantitative estimate of drug-likeness (QED) is 0.209. The van der Waals surface area contributed by atoms with E-state index in [0.29, 0.717) is 6.42 Å². The SMILES string of the molecule is CCCC(O)O.O[Si](O)(O)O. The highest BCUT2D eigenvalue weighted by Gasteiger charge is 2.22. The van der Waals surface area contributed by atoms with Gasteiger partial charge in [-0.1, -0.05) is 13.3 Å². The maximum Gasteiger partial charge on any atom is 0.668 e. The molecule has 0 aromatic rings. The fourth-order valence-corrected chi connectivity index (χ4v) is 0.258. The molecule has 6 nitrogen and oxygen atoms in total. The maximum absolute atomic E-state index is 8.11. The Morgan fingerprint density at radius 2 is 1.36 bits per heavy atom. The molecule has 0 saturated heterocycles. The van der Waals surface area contributed by atoms with Crippen molar-refractivity contribution in [3.8, 4) is 0 Å². The van der Waals surface area contributed by atoms with Gasteiger partial charge in [0.1, 0.15) is 0 Å². The summed E-state index contributed by atoms with van der Waals surface area (Å²) >= 11 is 0. The molecule has 0 unspecified atom stereocenters. The average Bonchev–Trinajstić information content (AvgIpc) is 1.58. The van der Waals surface area contributed by atoms with Crippen molar-refractivity contribution in [3.05, 3.63) is 0 Å². The van der Waals surface area contributed by atoms with Crippen molar-refractivity contribution in [1.82, 2.24) is 0 Å². The first-order valence-electron chi connectivity index (χ1n) is 3.03. The van der Waals surface area contributed by atoms with Crippen LogP contribution in [0.25, 0.3) is 0 Å². The van der Waals surface area contributed by atoms with Crippen LogP contribution in [-0.2, 0) is 0 Å². The lowest BCUT2D eigenvalue weighted by molar-refractivity contribution is -0.0453. The molecule has 0 aliphatic heterocycles. The molecule has 0 aliphatic carbocycles. The Morgan fingerprint density at radius 1 is 1.09 bits per heavy atom. The molecule has 0 aromatic heterocycles. The molecule has 0 spiro atoms. The molecule has 0 aliphatic rings. The Hall–Kier alpha value is -0.0231. The van der Waals surface area contributed by atoms with Gasteiger partial charge in [0, 0.05) is 0 Å². The van der Waals surface area contributed by atoms with E-state index in [1.54, 1.807) is 0 Å². The summed E-state index contributed by atoms with van der Waals surface area (Å²) in [6.07, 6.45) is 0.215. The summed E-state index contributed by atoms with van der Waals surface area (Å²) in [6.45, 7) is 1.90. The molecule has 0 heterocycles. The van der Waals surface area contributed by atoms with Gasteiger partial charge in [0.15, 0.2) is 6.29 Å². The van der Waals surface area contributed by atoms with E-state index in [1.165, 1.54) is 0 Å². The van der Waals surface area contributed by atoms with Crippen molar-refractivity contribution in [1.29, 1.82) is 0 Å². The van der Waals surface area contributed by atoms with Gasteiger partial charge in [0.2, 0.25) is 0 Å². The van der Waals surface area contributed by atoms with Crippen LogP contribution >= 0.6 is 0 Å². The summed E-state index contributed by atoms with van der Waals surface area (Å²) in [5, 5.41) is 16.2. The second kappa shape index (κ2) is 6.67. The summed E-state index contributed by atoms with van der Waals surface area (Å²) in [5.41, 5.74) is 0. The van der Waals surface area contributed by atoms with Crippen LogP contribution in [0, 0.1) is 0 Å². The predicted molar refractivity (Wildman–Crippen MR) is 37.8 cm³/mol. The van der Waals surface area contributed by atoms with Crippen molar-refractivity contribution in [2.75, 3.05) is 0 Å². The van der Waals surface area contributed by atoms with E-state index in [4.69, 9.17) is 29.4 Å². The van der Waals surface area contributed by atoms with Gasteiger partial charge in [0.05, 0.1) is 0 Å². The Labute approximate surface area is 65.5 Å². The summed E-state index contributed by atoms with van der Waals surface area (Å²) in [5.74, 6) is 0. The Kier molecular flexibility index (Phi) is 8.22. The van der Waals surface area contributed by atoms with Crippen LogP contribution < -0.4 is 0 Å². The molecular formula is C4H14O6Si. The summed E-state index contributed by atoms with van der Waals surface area (Å²) in [6, 6.07) is 0. The van der Waals surface area contributed by atoms with Gasteiger partial charge in [-0.05, 0) is 6.42 Å². The Bertz CT molecular complexity index is 73.1. The molecule has 0 radical (unpaired) electrons. The summed E-state index contributed by atoms with van der Waals surface area (Å²) < 4.78 is 0. The molecule has 0 aromatic carbocycles. The average molecular weight is 186 g/mol. The smallest absolute Gasteiger partial charge is 0.368 e. The fraction of sp³-hybridized carbons (Fsp3) is 1.00. The number of rotatable bonds is 2. The second-order valence-electron chi connectivity index (χ2n) is 1.87. The molecule has 0 rings (SSSR count). The van der Waals surface area contributed by atoms with Crippen LogP contribution in [0.2, 0.25) is 0 Å². The first kappa shape index (κ1) is 13.6. The normalized spacial score (nSPS) is 10.9. The van der Waals surface area contributed by atoms with Gasteiger partial charge in [0.25, 0.3) is 0 Å². The van der Waals surface area contributed by atoms with Crippen LogP contribution in [-0.4, -0.2) is 44.7 Å². The van der Waals surface area contributed by atoms with Gasteiger partial charge < -0.3 is 29.4 Å².